The second-order valence-corrected chi connectivity index (χ2v) is 3.99. The number of halogens is 1. The van der Waals surface area contributed by atoms with Crippen LogP contribution in [0.3, 0.4) is 0 Å². The van der Waals surface area contributed by atoms with E-state index < -0.39 is 0 Å². The lowest BCUT2D eigenvalue weighted by atomic mass is 10.1. The van der Waals surface area contributed by atoms with Gasteiger partial charge in [0.1, 0.15) is 6.33 Å². The summed E-state index contributed by atoms with van der Waals surface area (Å²) in [6.45, 7) is 4.68. The van der Waals surface area contributed by atoms with Crippen molar-refractivity contribution < 1.29 is 4.74 Å². The second kappa shape index (κ2) is 6.62. The summed E-state index contributed by atoms with van der Waals surface area (Å²) in [6, 6.07) is 1.86. The monoisotopic (exact) mass is 228 g/mol. The topological polar surface area (TPSA) is 35.0 Å². The van der Waals surface area contributed by atoms with Crippen molar-refractivity contribution in [3.8, 4) is 5.88 Å². The first-order valence-electron chi connectivity index (χ1n) is 5.34. The van der Waals surface area contributed by atoms with Gasteiger partial charge >= 0.3 is 0 Å². The van der Waals surface area contributed by atoms with Crippen molar-refractivity contribution in [2.24, 2.45) is 0 Å². The Balaban J connectivity index is 2.56. The minimum atomic E-state index is 0.152. The molecule has 0 aliphatic carbocycles. The highest BCUT2D eigenvalue weighted by molar-refractivity contribution is 6.20. The molecule has 0 aliphatic rings. The van der Waals surface area contributed by atoms with Crippen molar-refractivity contribution in [1.29, 1.82) is 0 Å². The normalized spacial score (nSPS) is 12.5. The average Bonchev–Trinajstić information content (AvgIpc) is 2.19. The van der Waals surface area contributed by atoms with E-state index in [4.69, 9.17) is 16.3 Å². The maximum absolute atomic E-state index is 6.14. The van der Waals surface area contributed by atoms with Gasteiger partial charge < -0.3 is 4.74 Å². The summed E-state index contributed by atoms with van der Waals surface area (Å²) in [5, 5.41) is 0.152. The molecule has 0 aromatic carbocycles. The van der Waals surface area contributed by atoms with Crippen LogP contribution in [0.4, 0.5) is 0 Å². The number of hydrogen-bond donors (Lipinski definition) is 0. The summed E-state index contributed by atoms with van der Waals surface area (Å²) in [4.78, 5) is 8.17. The third kappa shape index (κ3) is 4.47. The van der Waals surface area contributed by atoms with Crippen LogP contribution >= 0.6 is 11.6 Å². The fourth-order valence-electron chi connectivity index (χ4n) is 1.36. The van der Waals surface area contributed by atoms with Crippen LogP contribution in [-0.4, -0.2) is 22.0 Å². The average molecular weight is 229 g/mol. The van der Waals surface area contributed by atoms with E-state index in [0.717, 1.165) is 25.0 Å². The van der Waals surface area contributed by atoms with E-state index in [-0.39, 0.29) is 5.38 Å². The molecule has 1 atom stereocenters. The summed E-state index contributed by atoms with van der Waals surface area (Å²) in [7, 11) is 0. The Morgan fingerprint density at radius 2 is 2.20 bits per heavy atom. The zero-order valence-corrected chi connectivity index (χ0v) is 10.00. The van der Waals surface area contributed by atoms with E-state index in [0.29, 0.717) is 12.5 Å². The Morgan fingerprint density at radius 3 is 2.87 bits per heavy atom. The Bertz CT molecular complexity index is 294. The van der Waals surface area contributed by atoms with Crippen molar-refractivity contribution >= 4 is 11.6 Å². The first-order valence-corrected chi connectivity index (χ1v) is 5.77. The number of rotatable bonds is 6. The molecule has 0 amide bonds. The largest absolute Gasteiger partial charge is 0.478 e. The van der Waals surface area contributed by atoms with Crippen molar-refractivity contribution in [3.05, 3.63) is 18.1 Å². The van der Waals surface area contributed by atoms with E-state index >= 15 is 0 Å². The predicted octanol–water partition coefficient (Wildman–Crippen LogP) is 2.83. The van der Waals surface area contributed by atoms with Gasteiger partial charge in [-0.1, -0.05) is 13.3 Å². The van der Waals surface area contributed by atoms with Crippen LogP contribution < -0.4 is 4.74 Å². The van der Waals surface area contributed by atoms with Crippen LogP contribution in [0.2, 0.25) is 0 Å². The molecule has 3 nitrogen and oxygen atoms in total. The van der Waals surface area contributed by atoms with Crippen LogP contribution in [0, 0.1) is 0 Å². The molecule has 1 aromatic heterocycles. The maximum Gasteiger partial charge on any atom is 0.216 e. The number of nitrogens with zero attached hydrogens (tertiary/aromatic N) is 2. The van der Waals surface area contributed by atoms with Gasteiger partial charge in [0.25, 0.3) is 0 Å². The molecule has 0 bridgehead atoms. The zero-order chi connectivity index (χ0) is 11.1. The molecular formula is C11H17ClN2O. The summed E-state index contributed by atoms with van der Waals surface area (Å²) in [6.07, 6.45) is 4.40. The molecule has 1 unspecified atom stereocenters. The summed E-state index contributed by atoms with van der Waals surface area (Å²) in [5.41, 5.74) is 0.946. The van der Waals surface area contributed by atoms with Crippen LogP contribution in [0.5, 0.6) is 5.88 Å². The van der Waals surface area contributed by atoms with E-state index in [9.17, 15) is 0 Å². The molecule has 4 heteroatoms. The summed E-state index contributed by atoms with van der Waals surface area (Å²) in [5.74, 6) is 0.628. The minimum Gasteiger partial charge on any atom is -0.478 e. The SMILES string of the molecule is CCCC(Cl)Cc1cc(OCC)ncn1. The first-order chi connectivity index (χ1) is 7.26. The van der Waals surface area contributed by atoms with Crippen molar-refractivity contribution in [2.45, 2.75) is 38.5 Å². The second-order valence-electron chi connectivity index (χ2n) is 3.37. The van der Waals surface area contributed by atoms with Gasteiger partial charge in [0.15, 0.2) is 0 Å². The molecule has 1 aromatic rings. The smallest absolute Gasteiger partial charge is 0.216 e. The molecule has 1 rings (SSSR count). The van der Waals surface area contributed by atoms with Crippen molar-refractivity contribution in [3.63, 3.8) is 0 Å². The Morgan fingerprint density at radius 1 is 1.40 bits per heavy atom. The molecule has 0 N–H and O–H groups in total. The van der Waals surface area contributed by atoms with Gasteiger partial charge in [0, 0.05) is 23.6 Å². The van der Waals surface area contributed by atoms with Crippen LogP contribution in [0.1, 0.15) is 32.4 Å². The molecule has 84 valence electrons. The van der Waals surface area contributed by atoms with E-state index in [2.05, 4.69) is 16.9 Å². The zero-order valence-electron chi connectivity index (χ0n) is 9.24. The molecular weight excluding hydrogens is 212 g/mol. The Hall–Kier alpha value is -0.830. The van der Waals surface area contributed by atoms with Gasteiger partial charge in [-0.2, -0.15) is 0 Å². The maximum atomic E-state index is 6.14. The highest BCUT2D eigenvalue weighted by Crippen LogP contribution is 2.14. The third-order valence-corrected chi connectivity index (χ3v) is 2.40. The quantitative estimate of drug-likeness (QED) is 0.703. The molecule has 15 heavy (non-hydrogen) atoms. The fourth-order valence-corrected chi connectivity index (χ4v) is 1.73. The Kier molecular flexibility index (Phi) is 5.40. The van der Waals surface area contributed by atoms with Crippen molar-refractivity contribution in [1.82, 2.24) is 9.97 Å². The Labute approximate surface area is 95.8 Å². The molecule has 0 spiro atoms. The van der Waals surface area contributed by atoms with Gasteiger partial charge in [-0.05, 0) is 13.3 Å². The standard InChI is InChI=1S/C11H17ClN2O/c1-3-5-9(12)6-10-7-11(15-4-2)14-8-13-10/h7-9H,3-6H2,1-2H3. The van der Waals surface area contributed by atoms with Gasteiger partial charge in [0.2, 0.25) is 5.88 Å². The van der Waals surface area contributed by atoms with E-state index in [1.807, 2.05) is 13.0 Å². The third-order valence-electron chi connectivity index (χ3n) is 2.02. The van der Waals surface area contributed by atoms with Gasteiger partial charge in [0.05, 0.1) is 6.61 Å². The number of alkyl halides is 1. The lowest BCUT2D eigenvalue weighted by Gasteiger charge is -2.08. The van der Waals surface area contributed by atoms with E-state index in [1.165, 1.54) is 6.33 Å². The molecule has 0 saturated carbocycles. The fraction of sp³-hybridized carbons (Fsp3) is 0.636. The summed E-state index contributed by atoms with van der Waals surface area (Å²) < 4.78 is 5.29. The van der Waals surface area contributed by atoms with Gasteiger partial charge in [-0.25, -0.2) is 9.97 Å². The highest BCUT2D eigenvalue weighted by atomic mass is 35.5. The number of ether oxygens (including phenoxy) is 1. The van der Waals surface area contributed by atoms with Gasteiger partial charge in [-0.15, -0.1) is 11.6 Å². The number of aromatic nitrogens is 2. The van der Waals surface area contributed by atoms with Crippen LogP contribution in [-0.2, 0) is 6.42 Å². The number of hydrogen-bond acceptors (Lipinski definition) is 3. The van der Waals surface area contributed by atoms with Gasteiger partial charge in [-0.3, -0.25) is 0 Å². The highest BCUT2D eigenvalue weighted by Gasteiger charge is 2.07. The minimum absolute atomic E-state index is 0.152. The van der Waals surface area contributed by atoms with E-state index in [1.54, 1.807) is 0 Å². The molecule has 0 saturated heterocycles. The lowest BCUT2D eigenvalue weighted by molar-refractivity contribution is 0.325. The predicted molar refractivity (Wildman–Crippen MR) is 61.5 cm³/mol. The molecule has 1 heterocycles. The van der Waals surface area contributed by atoms with Crippen LogP contribution in [0.25, 0.3) is 0 Å². The molecule has 0 fully saturated rings. The first kappa shape index (κ1) is 12.2. The summed E-state index contributed by atoms with van der Waals surface area (Å²) >= 11 is 6.14. The van der Waals surface area contributed by atoms with Crippen molar-refractivity contribution in [2.75, 3.05) is 6.61 Å². The lowest BCUT2D eigenvalue weighted by Crippen LogP contribution is -2.05. The molecule has 0 aliphatic heterocycles. The van der Waals surface area contributed by atoms with Crippen LogP contribution in [0.15, 0.2) is 12.4 Å². The molecule has 0 radical (unpaired) electrons.